The fraction of sp³-hybridized carbons (Fsp3) is 0.455. The SMILES string of the molecule is CC1CCc2sc(C(=O)Nc3cc(C(N)=O)ccc3N3CCCCC3)cc2C1. The molecule has 28 heavy (non-hydrogen) atoms. The predicted molar refractivity (Wildman–Crippen MR) is 114 cm³/mol. The van der Waals surface area contributed by atoms with E-state index in [1.54, 1.807) is 23.5 Å². The topological polar surface area (TPSA) is 75.4 Å². The van der Waals surface area contributed by atoms with E-state index in [-0.39, 0.29) is 5.91 Å². The Balaban J connectivity index is 1.61. The highest BCUT2D eigenvalue weighted by molar-refractivity contribution is 7.14. The van der Waals surface area contributed by atoms with Crippen molar-refractivity contribution in [1.82, 2.24) is 0 Å². The van der Waals surface area contributed by atoms with Gasteiger partial charge >= 0.3 is 0 Å². The van der Waals surface area contributed by atoms with Crippen LogP contribution in [0.4, 0.5) is 11.4 Å². The molecule has 2 heterocycles. The Labute approximate surface area is 169 Å². The summed E-state index contributed by atoms with van der Waals surface area (Å²) in [5.74, 6) is 0.0872. The number of hydrogen-bond acceptors (Lipinski definition) is 4. The van der Waals surface area contributed by atoms with Crippen LogP contribution in [0, 0.1) is 5.92 Å². The molecule has 1 saturated heterocycles. The van der Waals surface area contributed by atoms with Crippen molar-refractivity contribution in [3.8, 4) is 0 Å². The number of nitrogens with one attached hydrogen (secondary N) is 1. The largest absolute Gasteiger partial charge is 0.370 e. The summed E-state index contributed by atoms with van der Waals surface area (Å²) >= 11 is 1.60. The number of rotatable bonds is 4. The van der Waals surface area contributed by atoms with Gasteiger partial charge in [0.25, 0.3) is 5.91 Å². The number of carbonyl (C=O) groups is 2. The molecule has 1 aromatic carbocycles. The molecule has 2 aromatic rings. The van der Waals surface area contributed by atoms with Crippen molar-refractivity contribution in [3.05, 3.63) is 45.1 Å². The summed E-state index contributed by atoms with van der Waals surface area (Å²) in [4.78, 5) is 29.0. The average molecular weight is 398 g/mol. The van der Waals surface area contributed by atoms with Gasteiger partial charge in [-0.05, 0) is 74.3 Å². The Kier molecular flexibility index (Phi) is 5.40. The number of nitrogens with zero attached hydrogens (tertiary/aromatic N) is 1. The summed E-state index contributed by atoms with van der Waals surface area (Å²) in [5.41, 5.74) is 8.83. The number of nitrogens with two attached hydrogens (primary N) is 1. The maximum absolute atomic E-state index is 13.0. The van der Waals surface area contributed by atoms with Crippen LogP contribution in [0.2, 0.25) is 0 Å². The highest BCUT2D eigenvalue weighted by atomic mass is 32.1. The summed E-state index contributed by atoms with van der Waals surface area (Å²) in [6, 6.07) is 7.40. The van der Waals surface area contributed by atoms with Crippen molar-refractivity contribution >= 4 is 34.5 Å². The van der Waals surface area contributed by atoms with Gasteiger partial charge in [-0.1, -0.05) is 6.92 Å². The third-order valence-electron chi connectivity index (χ3n) is 5.78. The van der Waals surface area contributed by atoms with Gasteiger partial charge in [0.15, 0.2) is 0 Å². The molecule has 148 valence electrons. The minimum absolute atomic E-state index is 0.105. The number of primary amides is 1. The maximum atomic E-state index is 13.0. The van der Waals surface area contributed by atoms with Crippen LogP contribution in [0.15, 0.2) is 24.3 Å². The molecular formula is C22H27N3O2S. The molecule has 5 nitrogen and oxygen atoms in total. The van der Waals surface area contributed by atoms with Crippen LogP contribution in [0.1, 0.15) is 63.1 Å². The van der Waals surface area contributed by atoms with Gasteiger partial charge in [0.1, 0.15) is 0 Å². The van der Waals surface area contributed by atoms with Crippen LogP contribution >= 0.6 is 11.3 Å². The van der Waals surface area contributed by atoms with E-state index in [1.165, 1.54) is 23.3 Å². The van der Waals surface area contributed by atoms with E-state index < -0.39 is 5.91 Å². The maximum Gasteiger partial charge on any atom is 0.265 e. The lowest BCUT2D eigenvalue weighted by molar-refractivity contribution is 0.0996. The van der Waals surface area contributed by atoms with E-state index in [9.17, 15) is 9.59 Å². The number of thiophene rings is 1. The van der Waals surface area contributed by atoms with E-state index in [0.717, 1.165) is 49.3 Å². The molecule has 0 spiro atoms. The van der Waals surface area contributed by atoms with Crippen molar-refractivity contribution in [2.45, 2.75) is 45.4 Å². The lowest BCUT2D eigenvalue weighted by Gasteiger charge is -2.30. The monoisotopic (exact) mass is 397 g/mol. The minimum Gasteiger partial charge on any atom is -0.370 e. The molecule has 6 heteroatoms. The molecule has 1 aliphatic carbocycles. The molecule has 1 aromatic heterocycles. The van der Waals surface area contributed by atoms with Gasteiger partial charge in [-0.2, -0.15) is 0 Å². The molecule has 1 aliphatic heterocycles. The number of fused-ring (bicyclic) bond motifs is 1. The number of benzene rings is 1. The number of carbonyl (C=O) groups excluding carboxylic acids is 2. The van der Waals surface area contributed by atoms with Crippen molar-refractivity contribution in [1.29, 1.82) is 0 Å². The molecule has 0 saturated carbocycles. The second-order valence-electron chi connectivity index (χ2n) is 8.01. The smallest absolute Gasteiger partial charge is 0.265 e. The molecule has 1 unspecified atom stereocenters. The van der Waals surface area contributed by atoms with Crippen LogP contribution in [0.25, 0.3) is 0 Å². The zero-order chi connectivity index (χ0) is 19.7. The molecule has 1 atom stereocenters. The van der Waals surface area contributed by atoms with Gasteiger partial charge in [0.2, 0.25) is 5.91 Å². The molecule has 2 amide bonds. The predicted octanol–water partition coefficient (Wildman–Crippen LogP) is 4.21. The molecule has 0 bridgehead atoms. The van der Waals surface area contributed by atoms with Crippen LogP contribution in [0.5, 0.6) is 0 Å². The van der Waals surface area contributed by atoms with E-state index in [2.05, 4.69) is 17.1 Å². The molecule has 0 radical (unpaired) electrons. The first-order valence-electron chi connectivity index (χ1n) is 10.1. The second-order valence-corrected chi connectivity index (χ2v) is 9.14. The number of hydrogen-bond donors (Lipinski definition) is 2. The van der Waals surface area contributed by atoms with Crippen molar-refractivity contribution in [2.75, 3.05) is 23.3 Å². The van der Waals surface area contributed by atoms with Gasteiger partial charge in [-0.25, -0.2) is 0 Å². The number of aryl methyl sites for hydroxylation is 1. The fourth-order valence-electron chi connectivity index (χ4n) is 4.20. The van der Waals surface area contributed by atoms with Crippen LogP contribution in [-0.2, 0) is 12.8 Å². The standard InChI is InChI=1S/C22H27N3O2S/c1-14-5-8-19-16(11-14)13-20(28-19)22(27)24-17-12-15(21(23)26)6-7-18(17)25-9-3-2-4-10-25/h6-7,12-14H,2-5,8-11H2,1H3,(H2,23,26)(H,24,27). The van der Waals surface area contributed by atoms with Crippen molar-refractivity contribution < 1.29 is 9.59 Å². The first-order chi connectivity index (χ1) is 13.5. The third-order valence-corrected chi connectivity index (χ3v) is 7.01. The van der Waals surface area contributed by atoms with Crippen LogP contribution in [-0.4, -0.2) is 24.9 Å². The van der Waals surface area contributed by atoms with Crippen LogP contribution in [0.3, 0.4) is 0 Å². The summed E-state index contributed by atoms with van der Waals surface area (Å²) in [5, 5.41) is 3.06. The normalized spacial score (nSPS) is 19.2. The minimum atomic E-state index is -0.485. The average Bonchev–Trinajstić information content (AvgIpc) is 3.12. The Morgan fingerprint density at radius 3 is 2.71 bits per heavy atom. The quantitative estimate of drug-likeness (QED) is 0.811. The molecular weight excluding hydrogens is 370 g/mol. The number of piperidine rings is 1. The second kappa shape index (κ2) is 7.95. The lowest BCUT2D eigenvalue weighted by atomic mass is 9.90. The van der Waals surface area contributed by atoms with Gasteiger partial charge in [0, 0.05) is 23.5 Å². The van der Waals surface area contributed by atoms with Gasteiger partial charge in [-0.3, -0.25) is 9.59 Å². The van der Waals surface area contributed by atoms with E-state index in [1.807, 2.05) is 12.1 Å². The first-order valence-corrected chi connectivity index (χ1v) is 10.9. The summed E-state index contributed by atoms with van der Waals surface area (Å²) < 4.78 is 0. The highest BCUT2D eigenvalue weighted by Gasteiger charge is 2.22. The van der Waals surface area contributed by atoms with Gasteiger partial charge in [-0.15, -0.1) is 11.3 Å². The van der Waals surface area contributed by atoms with E-state index in [0.29, 0.717) is 17.2 Å². The van der Waals surface area contributed by atoms with Crippen molar-refractivity contribution in [2.24, 2.45) is 11.7 Å². The first kappa shape index (κ1) is 19.0. The van der Waals surface area contributed by atoms with E-state index >= 15 is 0 Å². The molecule has 1 fully saturated rings. The lowest BCUT2D eigenvalue weighted by Crippen LogP contribution is -2.30. The Hall–Kier alpha value is -2.34. The zero-order valence-corrected chi connectivity index (χ0v) is 17.1. The summed E-state index contributed by atoms with van der Waals surface area (Å²) in [7, 11) is 0. The van der Waals surface area contributed by atoms with Gasteiger partial charge in [0.05, 0.1) is 16.3 Å². The van der Waals surface area contributed by atoms with Gasteiger partial charge < -0.3 is 16.0 Å². The molecule has 3 N–H and O–H groups in total. The number of anilines is 2. The summed E-state index contributed by atoms with van der Waals surface area (Å²) in [6.45, 7) is 4.19. The van der Waals surface area contributed by atoms with E-state index in [4.69, 9.17) is 5.73 Å². The molecule has 4 rings (SSSR count). The third kappa shape index (κ3) is 3.92. The van der Waals surface area contributed by atoms with Crippen LogP contribution < -0.4 is 16.0 Å². The Morgan fingerprint density at radius 1 is 1.18 bits per heavy atom. The highest BCUT2D eigenvalue weighted by Crippen LogP contribution is 2.34. The Morgan fingerprint density at radius 2 is 1.96 bits per heavy atom. The zero-order valence-electron chi connectivity index (χ0n) is 16.3. The Bertz CT molecular complexity index is 899. The van der Waals surface area contributed by atoms with Crippen molar-refractivity contribution in [3.63, 3.8) is 0 Å². The number of amides is 2. The summed E-state index contributed by atoms with van der Waals surface area (Å²) in [6.07, 6.45) is 6.81. The fourth-order valence-corrected chi connectivity index (χ4v) is 5.31. The molecule has 2 aliphatic rings.